The lowest BCUT2D eigenvalue weighted by atomic mass is 9.88. The highest BCUT2D eigenvalue weighted by molar-refractivity contribution is 5.95. The summed E-state index contributed by atoms with van der Waals surface area (Å²) in [4.78, 5) is 25.0. The molecule has 0 fully saturated rings. The van der Waals surface area contributed by atoms with Crippen LogP contribution in [0.4, 0.5) is 0 Å². The van der Waals surface area contributed by atoms with E-state index < -0.39 is 11.9 Å². The molecule has 0 amide bonds. The number of fused-ring (bicyclic) bond motifs is 1. The van der Waals surface area contributed by atoms with Gasteiger partial charge >= 0.3 is 11.9 Å². The van der Waals surface area contributed by atoms with Crippen molar-refractivity contribution in [3.63, 3.8) is 0 Å². The number of benzene rings is 2. The number of hydrogen-bond acceptors (Lipinski definition) is 5. The number of rotatable bonds is 5. The lowest BCUT2D eigenvalue weighted by Gasteiger charge is -2.13. The minimum Gasteiger partial charge on any atom is -0.507 e. The van der Waals surface area contributed by atoms with E-state index in [4.69, 9.17) is 9.47 Å². The van der Waals surface area contributed by atoms with Crippen LogP contribution in [0, 0.1) is 20.8 Å². The largest absolute Gasteiger partial charge is 0.507 e. The van der Waals surface area contributed by atoms with Crippen LogP contribution in [0.2, 0.25) is 0 Å². The lowest BCUT2D eigenvalue weighted by molar-refractivity contribution is -0.133. The van der Waals surface area contributed by atoms with Crippen LogP contribution in [0.25, 0.3) is 0 Å². The zero-order valence-corrected chi connectivity index (χ0v) is 16.1. The van der Waals surface area contributed by atoms with Crippen molar-refractivity contribution in [1.82, 2.24) is 0 Å². The van der Waals surface area contributed by atoms with Gasteiger partial charge in [0.1, 0.15) is 17.4 Å². The standard InChI is InChI=1S/C22H24O5/c1-5-6-7-26-21(24)16-10-14(4)20-17(11-16)18(22(25)27-20)15-8-12(2)19(23)13(3)9-15/h8-11,18,23H,5-7H2,1-4H3. The van der Waals surface area contributed by atoms with E-state index in [1.54, 1.807) is 38.1 Å². The summed E-state index contributed by atoms with van der Waals surface area (Å²) in [5, 5.41) is 10.0. The van der Waals surface area contributed by atoms with Crippen molar-refractivity contribution in [2.75, 3.05) is 6.61 Å². The van der Waals surface area contributed by atoms with Gasteiger partial charge in [-0.2, -0.15) is 0 Å². The van der Waals surface area contributed by atoms with Crippen LogP contribution in [-0.4, -0.2) is 23.7 Å². The number of hydrogen-bond donors (Lipinski definition) is 1. The van der Waals surface area contributed by atoms with Crippen molar-refractivity contribution in [2.24, 2.45) is 0 Å². The molecule has 1 N–H and O–H groups in total. The zero-order valence-electron chi connectivity index (χ0n) is 16.1. The summed E-state index contributed by atoms with van der Waals surface area (Å²) in [6.45, 7) is 7.80. The van der Waals surface area contributed by atoms with Crippen molar-refractivity contribution in [1.29, 1.82) is 0 Å². The minimum absolute atomic E-state index is 0.217. The Hall–Kier alpha value is -2.82. The molecule has 1 atom stereocenters. The Balaban J connectivity index is 2.02. The molecule has 142 valence electrons. The summed E-state index contributed by atoms with van der Waals surface area (Å²) in [7, 11) is 0. The smallest absolute Gasteiger partial charge is 0.338 e. The molecule has 0 bridgehead atoms. The SMILES string of the molecule is CCCCOC(=O)c1cc(C)c2c(c1)C(c1cc(C)c(O)c(C)c1)C(=O)O2. The van der Waals surface area contributed by atoms with Crippen LogP contribution in [0.3, 0.4) is 0 Å². The maximum Gasteiger partial charge on any atom is 0.338 e. The third-order valence-electron chi connectivity index (χ3n) is 4.87. The molecular weight excluding hydrogens is 344 g/mol. The number of phenolic OH excluding ortho intramolecular Hbond substituents is 1. The maximum absolute atomic E-state index is 12.6. The number of ether oxygens (including phenoxy) is 2. The Bertz CT molecular complexity index is 890. The highest BCUT2D eigenvalue weighted by atomic mass is 16.5. The lowest BCUT2D eigenvalue weighted by Crippen LogP contribution is -2.12. The Morgan fingerprint density at radius 3 is 2.41 bits per heavy atom. The molecule has 1 aliphatic rings. The number of phenols is 1. The monoisotopic (exact) mass is 368 g/mol. The van der Waals surface area contributed by atoms with Crippen LogP contribution in [0.1, 0.15) is 63.9 Å². The molecule has 2 aromatic rings. The Kier molecular flexibility index (Phi) is 5.22. The van der Waals surface area contributed by atoms with Gasteiger partial charge in [0.2, 0.25) is 0 Å². The number of aromatic hydroxyl groups is 1. The first-order chi connectivity index (χ1) is 12.8. The van der Waals surface area contributed by atoms with E-state index in [0.29, 0.717) is 34.6 Å². The molecule has 0 saturated carbocycles. The predicted octanol–water partition coefficient (Wildman–Crippen LogP) is 4.33. The predicted molar refractivity (Wildman–Crippen MR) is 101 cm³/mol. The third-order valence-corrected chi connectivity index (χ3v) is 4.87. The molecule has 5 nitrogen and oxygen atoms in total. The van der Waals surface area contributed by atoms with Gasteiger partial charge in [0.15, 0.2) is 0 Å². The van der Waals surface area contributed by atoms with Gasteiger partial charge in [-0.25, -0.2) is 4.79 Å². The molecule has 0 radical (unpaired) electrons. The van der Waals surface area contributed by atoms with Crippen LogP contribution < -0.4 is 4.74 Å². The molecule has 1 heterocycles. The summed E-state index contributed by atoms with van der Waals surface area (Å²) in [6, 6.07) is 6.94. The van der Waals surface area contributed by atoms with Gasteiger partial charge in [-0.05, 0) is 61.6 Å². The Labute approximate surface area is 158 Å². The highest BCUT2D eigenvalue weighted by Gasteiger charge is 2.37. The van der Waals surface area contributed by atoms with Gasteiger partial charge in [-0.15, -0.1) is 0 Å². The van der Waals surface area contributed by atoms with E-state index in [2.05, 4.69) is 0 Å². The molecule has 0 aliphatic carbocycles. The quantitative estimate of drug-likeness (QED) is 0.483. The fraction of sp³-hybridized carbons (Fsp3) is 0.364. The van der Waals surface area contributed by atoms with E-state index >= 15 is 0 Å². The molecule has 0 spiro atoms. The van der Waals surface area contributed by atoms with E-state index in [9.17, 15) is 14.7 Å². The molecule has 0 saturated heterocycles. The van der Waals surface area contributed by atoms with Gasteiger partial charge in [-0.1, -0.05) is 25.5 Å². The van der Waals surface area contributed by atoms with Gasteiger partial charge in [-0.3, -0.25) is 4.79 Å². The molecule has 5 heteroatoms. The van der Waals surface area contributed by atoms with Crippen molar-refractivity contribution >= 4 is 11.9 Å². The second-order valence-corrected chi connectivity index (χ2v) is 7.06. The zero-order chi connectivity index (χ0) is 19.7. The van der Waals surface area contributed by atoms with Crippen LogP contribution >= 0.6 is 0 Å². The van der Waals surface area contributed by atoms with Crippen LogP contribution in [0.15, 0.2) is 24.3 Å². The molecule has 1 aliphatic heterocycles. The summed E-state index contributed by atoms with van der Waals surface area (Å²) in [5.41, 5.74) is 3.92. The van der Waals surface area contributed by atoms with Crippen molar-refractivity contribution in [2.45, 2.75) is 46.5 Å². The van der Waals surface area contributed by atoms with Crippen LogP contribution in [-0.2, 0) is 9.53 Å². The Morgan fingerprint density at radius 1 is 1.11 bits per heavy atom. The Morgan fingerprint density at radius 2 is 1.78 bits per heavy atom. The number of esters is 2. The van der Waals surface area contributed by atoms with Gasteiger partial charge in [0.05, 0.1) is 12.2 Å². The third kappa shape index (κ3) is 3.54. The maximum atomic E-state index is 12.6. The molecule has 0 aromatic heterocycles. The normalized spacial score (nSPS) is 15.4. The molecular formula is C22H24O5. The topological polar surface area (TPSA) is 72.8 Å². The van der Waals surface area contributed by atoms with E-state index in [1.807, 2.05) is 13.8 Å². The fourth-order valence-electron chi connectivity index (χ4n) is 3.42. The average Bonchev–Trinajstić information content (AvgIpc) is 2.96. The van der Waals surface area contributed by atoms with Crippen molar-refractivity contribution < 1.29 is 24.2 Å². The number of unbranched alkanes of at least 4 members (excludes halogenated alkanes) is 1. The summed E-state index contributed by atoms with van der Waals surface area (Å²) in [5.74, 6) is -0.687. The molecule has 3 rings (SSSR count). The van der Waals surface area contributed by atoms with E-state index in [1.165, 1.54) is 0 Å². The fourth-order valence-corrected chi connectivity index (χ4v) is 3.42. The highest BCUT2D eigenvalue weighted by Crippen LogP contribution is 2.43. The summed E-state index contributed by atoms with van der Waals surface area (Å²) >= 11 is 0. The second-order valence-electron chi connectivity index (χ2n) is 7.06. The number of carbonyl (C=O) groups is 2. The molecule has 27 heavy (non-hydrogen) atoms. The number of carbonyl (C=O) groups excluding carboxylic acids is 2. The number of aryl methyl sites for hydroxylation is 3. The first-order valence-corrected chi connectivity index (χ1v) is 9.17. The van der Waals surface area contributed by atoms with Gasteiger partial charge in [0, 0.05) is 5.56 Å². The second kappa shape index (κ2) is 7.43. The van der Waals surface area contributed by atoms with Crippen LogP contribution in [0.5, 0.6) is 11.5 Å². The first-order valence-electron chi connectivity index (χ1n) is 9.17. The molecule has 1 unspecified atom stereocenters. The van der Waals surface area contributed by atoms with Gasteiger partial charge in [0.25, 0.3) is 0 Å². The average molecular weight is 368 g/mol. The van der Waals surface area contributed by atoms with E-state index in [0.717, 1.165) is 24.0 Å². The molecule has 2 aromatic carbocycles. The van der Waals surface area contributed by atoms with E-state index in [-0.39, 0.29) is 11.7 Å². The summed E-state index contributed by atoms with van der Waals surface area (Å²) in [6.07, 6.45) is 1.76. The minimum atomic E-state index is -0.625. The van der Waals surface area contributed by atoms with Gasteiger partial charge < -0.3 is 14.6 Å². The van der Waals surface area contributed by atoms with Crippen molar-refractivity contribution in [3.05, 3.63) is 57.6 Å². The van der Waals surface area contributed by atoms with Crippen molar-refractivity contribution in [3.8, 4) is 11.5 Å². The summed E-state index contributed by atoms with van der Waals surface area (Å²) < 4.78 is 10.8. The first kappa shape index (κ1) is 19.0.